The summed E-state index contributed by atoms with van der Waals surface area (Å²) in [4.78, 5) is 11.5. The highest BCUT2D eigenvalue weighted by Crippen LogP contribution is 2.32. The fourth-order valence-electron chi connectivity index (χ4n) is 4.19. The smallest absolute Gasteiger partial charge is 0.227 e. The van der Waals surface area contributed by atoms with Gasteiger partial charge in [-0.2, -0.15) is 4.98 Å². The maximum absolute atomic E-state index is 11.9. The van der Waals surface area contributed by atoms with E-state index in [4.69, 9.17) is 26.1 Å². The summed E-state index contributed by atoms with van der Waals surface area (Å²) in [6.45, 7) is 5.08. The third kappa shape index (κ3) is 4.58. The standard InChI is InChI=1S/C24H24ClN5O3S/c1-15-22(16(2)33-29-15)18-6-7-21-20(13-18)23(26-14-17-4-3-5-19(25)12-17)28-24(27-21)30-8-10-34(31,32)11-9-30/h3-7,12-13H,8-11,14H2,1-2H3,(H,26,27,28). The molecule has 0 spiro atoms. The molecule has 0 saturated carbocycles. The molecule has 0 radical (unpaired) electrons. The molecule has 0 aliphatic carbocycles. The second-order valence-corrected chi connectivity index (χ2v) is 11.2. The third-order valence-electron chi connectivity index (χ3n) is 5.98. The average Bonchev–Trinajstić information content (AvgIpc) is 3.15. The number of hydrogen-bond acceptors (Lipinski definition) is 8. The Hall–Kier alpha value is -3.17. The van der Waals surface area contributed by atoms with E-state index in [9.17, 15) is 8.42 Å². The zero-order valence-corrected chi connectivity index (χ0v) is 20.4. The second-order valence-electron chi connectivity index (χ2n) is 8.43. The van der Waals surface area contributed by atoms with E-state index in [1.165, 1.54) is 0 Å². The molecule has 10 heteroatoms. The van der Waals surface area contributed by atoms with Crippen molar-refractivity contribution in [3.8, 4) is 11.1 Å². The lowest BCUT2D eigenvalue weighted by molar-refractivity contribution is 0.393. The molecule has 4 aromatic rings. The highest BCUT2D eigenvalue weighted by atomic mass is 35.5. The Morgan fingerprint density at radius 3 is 2.59 bits per heavy atom. The maximum atomic E-state index is 11.9. The van der Waals surface area contributed by atoms with Crippen molar-refractivity contribution in [1.29, 1.82) is 0 Å². The van der Waals surface area contributed by atoms with Gasteiger partial charge < -0.3 is 14.7 Å². The number of halogens is 1. The van der Waals surface area contributed by atoms with Crippen molar-refractivity contribution < 1.29 is 12.9 Å². The van der Waals surface area contributed by atoms with Crippen molar-refractivity contribution in [2.45, 2.75) is 20.4 Å². The molecular weight excluding hydrogens is 474 g/mol. The molecule has 3 heterocycles. The van der Waals surface area contributed by atoms with Crippen LogP contribution in [0.25, 0.3) is 22.0 Å². The zero-order chi connectivity index (χ0) is 23.9. The minimum Gasteiger partial charge on any atom is -0.365 e. The number of rotatable bonds is 5. The monoisotopic (exact) mass is 497 g/mol. The summed E-state index contributed by atoms with van der Waals surface area (Å²) >= 11 is 6.15. The Morgan fingerprint density at radius 2 is 1.88 bits per heavy atom. The molecule has 1 aliphatic rings. The van der Waals surface area contributed by atoms with E-state index in [2.05, 4.69) is 10.5 Å². The predicted octanol–water partition coefficient (Wildman–Crippen LogP) is 4.40. The van der Waals surface area contributed by atoms with E-state index >= 15 is 0 Å². The number of hydrogen-bond donors (Lipinski definition) is 1. The number of anilines is 2. The number of fused-ring (bicyclic) bond motifs is 1. The molecule has 1 fully saturated rings. The SMILES string of the molecule is Cc1noc(C)c1-c1ccc2nc(N3CCS(=O)(=O)CC3)nc(NCc3cccc(Cl)c3)c2c1. The van der Waals surface area contributed by atoms with Crippen LogP contribution in [0, 0.1) is 13.8 Å². The van der Waals surface area contributed by atoms with E-state index in [1.54, 1.807) is 0 Å². The first-order valence-corrected chi connectivity index (χ1v) is 13.2. The predicted molar refractivity (Wildman–Crippen MR) is 134 cm³/mol. The maximum Gasteiger partial charge on any atom is 0.227 e. The van der Waals surface area contributed by atoms with Gasteiger partial charge in [0, 0.05) is 35.6 Å². The average molecular weight is 498 g/mol. The van der Waals surface area contributed by atoms with Gasteiger partial charge in [-0.3, -0.25) is 0 Å². The van der Waals surface area contributed by atoms with Crippen LogP contribution in [0.15, 0.2) is 47.0 Å². The van der Waals surface area contributed by atoms with Gasteiger partial charge in [0.15, 0.2) is 9.84 Å². The van der Waals surface area contributed by atoms with Crippen molar-refractivity contribution in [3.63, 3.8) is 0 Å². The Kier molecular flexibility index (Phi) is 5.91. The van der Waals surface area contributed by atoms with Crippen LogP contribution in [-0.2, 0) is 16.4 Å². The lowest BCUT2D eigenvalue weighted by atomic mass is 10.0. The molecule has 0 unspecified atom stereocenters. The highest BCUT2D eigenvalue weighted by Gasteiger charge is 2.24. The molecule has 176 valence electrons. The molecule has 8 nitrogen and oxygen atoms in total. The van der Waals surface area contributed by atoms with Gasteiger partial charge in [0.05, 0.1) is 22.7 Å². The van der Waals surface area contributed by atoms with Gasteiger partial charge in [-0.05, 0) is 49.2 Å². The molecule has 1 saturated heterocycles. The fraction of sp³-hybridized carbons (Fsp3) is 0.292. The van der Waals surface area contributed by atoms with Crippen LogP contribution >= 0.6 is 11.6 Å². The summed E-state index contributed by atoms with van der Waals surface area (Å²) < 4.78 is 29.1. The highest BCUT2D eigenvalue weighted by molar-refractivity contribution is 7.91. The number of nitrogens with one attached hydrogen (secondary N) is 1. The van der Waals surface area contributed by atoms with Gasteiger partial charge >= 0.3 is 0 Å². The Labute approximate surface area is 202 Å². The molecule has 1 N–H and O–H groups in total. The van der Waals surface area contributed by atoms with Gasteiger partial charge in [0.1, 0.15) is 11.6 Å². The van der Waals surface area contributed by atoms with Crippen molar-refractivity contribution in [2.24, 2.45) is 0 Å². The molecular formula is C24H24ClN5O3S. The topological polar surface area (TPSA) is 101 Å². The fourth-order valence-corrected chi connectivity index (χ4v) is 5.60. The van der Waals surface area contributed by atoms with E-state index in [-0.39, 0.29) is 11.5 Å². The number of benzene rings is 2. The summed E-state index contributed by atoms with van der Waals surface area (Å²) in [7, 11) is -3.01. The second kappa shape index (κ2) is 8.88. The van der Waals surface area contributed by atoms with E-state index < -0.39 is 9.84 Å². The molecule has 1 aliphatic heterocycles. The Bertz CT molecular complexity index is 1450. The summed E-state index contributed by atoms with van der Waals surface area (Å²) in [5, 5.41) is 9.03. The van der Waals surface area contributed by atoms with E-state index in [1.807, 2.05) is 61.2 Å². The van der Waals surface area contributed by atoms with Crippen LogP contribution in [0.2, 0.25) is 5.02 Å². The molecule has 0 amide bonds. The molecule has 0 atom stereocenters. The number of aromatic nitrogens is 3. The van der Waals surface area contributed by atoms with Crippen molar-refractivity contribution in [1.82, 2.24) is 15.1 Å². The van der Waals surface area contributed by atoms with Gasteiger partial charge in [-0.15, -0.1) is 0 Å². The quantitative estimate of drug-likeness (QED) is 0.433. The van der Waals surface area contributed by atoms with Crippen LogP contribution in [-0.4, -0.2) is 48.1 Å². The minimum atomic E-state index is -3.01. The first kappa shape index (κ1) is 22.6. The zero-order valence-electron chi connectivity index (χ0n) is 18.9. The Morgan fingerprint density at radius 1 is 1.09 bits per heavy atom. The lowest BCUT2D eigenvalue weighted by Crippen LogP contribution is -2.41. The number of aryl methyl sites for hydroxylation is 2. The Balaban J connectivity index is 1.57. The summed E-state index contributed by atoms with van der Waals surface area (Å²) in [5.74, 6) is 2.13. The molecule has 5 rings (SSSR count). The summed E-state index contributed by atoms with van der Waals surface area (Å²) in [6.07, 6.45) is 0. The number of sulfone groups is 1. The van der Waals surface area contributed by atoms with Crippen LogP contribution in [0.1, 0.15) is 17.0 Å². The van der Waals surface area contributed by atoms with Crippen LogP contribution in [0.5, 0.6) is 0 Å². The normalized spacial score (nSPS) is 15.6. The van der Waals surface area contributed by atoms with Gasteiger partial charge in [0.2, 0.25) is 5.95 Å². The largest absolute Gasteiger partial charge is 0.365 e. The summed E-state index contributed by atoms with van der Waals surface area (Å²) in [5.41, 5.74) is 4.52. The van der Waals surface area contributed by atoms with Crippen molar-refractivity contribution in [3.05, 3.63) is 64.5 Å². The first-order valence-electron chi connectivity index (χ1n) is 11.0. The van der Waals surface area contributed by atoms with Crippen molar-refractivity contribution in [2.75, 3.05) is 34.8 Å². The molecule has 0 bridgehead atoms. The molecule has 34 heavy (non-hydrogen) atoms. The van der Waals surface area contributed by atoms with E-state index in [0.29, 0.717) is 36.4 Å². The van der Waals surface area contributed by atoms with Gasteiger partial charge in [0.25, 0.3) is 0 Å². The number of nitrogens with zero attached hydrogens (tertiary/aromatic N) is 4. The van der Waals surface area contributed by atoms with Crippen LogP contribution in [0.3, 0.4) is 0 Å². The van der Waals surface area contributed by atoms with Crippen LogP contribution < -0.4 is 10.2 Å². The molecule has 2 aromatic carbocycles. The minimum absolute atomic E-state index is 0.102. The van der Waals surface area contributed by atoms with Gasteiger partial charge in [-0.1, -0.05) is 35.0 Å². The van der Waals surface area contributed by atoms with E-state index in [0.717, 1.165) is 39.0 Å². The third-order valence-corrected chi connectivity index (χ3v) is 7.83. The first-order chi connectivity index (χ1) is 16.3. The van der Waals surface area contributed by atoms with Crippen molar-refractivity contribution >= 4 is 44.1 Å². The van der Waals surface area contributed by atoms with Crippen LogP contribution in [0.4, 0.5) is 11.8 Å². The summed E-state index contributed by atoms with van der Waals surface area (Å²) in [6, 6.07) is 13.6. The van der Waals surface area contributed by atoms with Gasteiger partial charge in [-0.25, -0.2) is 13.4 Å². The molecule has 2 aromatic heterocycles. The lowest BCUT2D eigenvalue weighted by Gasteiger charge is -2.27.